The number of β-amino-alcohol motifs (C(OH)–C–C–N with tert-alkyl or cyclic N) is 1. The first-order valence-electron chi connectivity index (χ1n) is 23.2. The number of carbonyl (C=O) groups excluding carboxylic acids is 3. The molecule has 16 heteroatoms. The van der Waals surface area contributed by atoms with Gasteiger partial charge in [-0.1, -0.05) is 57.2 Å². The summed E-state index contributed by atoms with van der Waals surface area (Å²) in [6.07, 6.45) is 5.60. The van der Waals surface area contributed by atoms with Gasteiger partial charge in [-0.15, -0.1) is 21.5 Å². The van der Waals surface area contributed by atoms with Crippen molar-refractivity contribution in [2.24, 2.45) is 17.3 Å². The van der Waals surface area contributed by atoms with E-state index in [1.807, 2.05) is 89.6 Å². The second-order valence-corrected chi connectivity index (χ2v) is 20.4. The van der Waals surface area contributed by atoms with E-state index in [1.54, 1.807) is 23.5 Å². The maximum absolute atomic E-state index is 14.3. The SMILES string of the molecule is CNc1nn(C2CCN(CC3CCC(CC(=O)N[C@H](C(=O)N4C[C@H](O)C[C@H]4C(=O)N[C@@H](C)c4ccc(-c5scnc5C)cc4)C(C)(C)C)CC3)CC2)c2cc(-c3ccccc3O)nnc12. The van der Waals surface area contributed by atoms with Gasteiger partial charge in [0.25, 0.3) is 0 Å². The van der Waals surface area contributed by atoms with Crippen molar-refractivity contribution >= 4 is 45.9 Å². The molecule has 1 aliphatic carbocycles. The molecule has 346 valence electrons. The normalized spacial score (nSPS) is 21.9. The van der Waals surface area contributed by atoms with Crippen molar-refractivity contribution in [2.45, 2.75) is 116 Å². The molecular formula is C49H64N10O5S. The van der Waals surface area contributed by atoms with E-state index < -0.39 is 23.6 Å². The number of hydrogen-bond acceptors (Lipinski definition) is 12. The molecule has 5 N–H and O–H groups in total. The van der Waals surface area contributed by atoms with Crippen molar-refractivity contribution in [1.82, 2.24) is 45.4 Å². The van der Waals surface area contributed by atoms with Crippen LogP contribution in [0.4, 0.5) is 5.82 Å². The fraction of sp³-hybridized carbons (Fsp3) is 0.531. The number of rotatable bonds is 13. The van der Waals surface area contributed by atoms with Crippen LogP contribution in [0.15, 0.2) is 60.1 Å². The van der Waals surface area contributed by atoms with Crippen LogP contribution in [0.3, 0.4) is 0 Å². The van der Waals surface area contributed by atoms with Crippen LogP contribution in [0.5, 0.6) is 5.75 Å². The number of anilines is 1. The minimum absolute atomic E-state index is 0.0344. The smallest absolute Gasteiger partial charge is 0.246 e. The summed E-state index contributed by atoms with van der Waals surface area (Å²) >= 11 is 1.59. The number of nitrogens with one attached hydrogen (secondary N) is 3. The lowest BCUT2D eigenvalue weighted by Gasteiger charge is -2.37. The molecule has 3 fully saturated rings. The fourth-order valence-electron chi connectivity index (χ4n) is 10.0. The zero-order chi connectivity index (χ0) is 46.0. The minimum atomic E-state index is -0.855. The van der Waals surface area contributed by atoms with Crippen LogP contribution >= 0.6 is 11.3 Å². The van der Waals surface area contributed by atoms with Crippen LogP contribution in [-0.2, 0) is 14.4 Å². The van der Waals surface area contributed by atoms with Crippen molar-refractivity contribution < 1.29 is 24.6 Å². The van der Waals surface area contributed by atoms with E-state index in [4.69, 9.17) is 5.10 Å². The van der Waals surface area contributed by atoms with Crippen LogP contribution in [0.25, 0.3) is 32.7 Å². The van der Waals surface area contributed by atoms with E-state index in [2.05, 4.69) is 40.7 Å². The summed E-state index contributed by atoms with van der Waals surface area (Å²) in [5, 5.41) is 44.4. The van der Waals surface area contributed by atoms with Gasteiger partial charge in [-0.25, -0.2) is 4.98 Å². The number of phenols is 1. The number of aliphatic hydroxyl groups is 1. The first-order valence-corrected chi connectivity index (χ1v) is 24.1. The average Bonchev–Trinajstić information content (AvgIpc) is 4.02. The third kappa shape index (κ3) is 10.3. The molecule has 65 heavy (non-hydrogen) atoms. The number of nitrogens with zero attached hydrogens (tertiary/aromatic N) is 7. The Morgan fingerprint density at radius 2 is 1.65 bits per heavy atom. The van der Waals surface area contributed by atoms with Gasteiger partial charge in [-0.05, 0) is 98.9 Å². The molecule has 0 spiro atoms. The largest absolute Gasteiger partial charge is 0.507 e. The van der Waals surface area contributed by atoms with Crippen molar-refractivity contribution in [2.75, 3.05) is 38.5 Å². The molecule has 3 aliphatic rings. The standard InChI is InChI=1S/C49H64N10O5S/c1-29(33-15-17-34(18-16-33)44-30(2)51-28-65-44)52-47(63)40-24-36(60)27-58(40)48(64)45(49(3,4)5)53-42(62)23-31-11-13-32(14-12-31)26-57-21-19-35(20-22-57)59-39-25-38(37-9-7-8-10-41(37)61)54-55-43(39)46(50-6)56-59/h7-10,15-18,25,28-29,31-32,35-36,40,45,60-61H,11-14,19-24,26-27H2,1-6H3,(H,50,56)(H,52,63)(H,53,62)/t29-,31?,32?,36+,40-,45+/m0/s1. The summed E-state index contributed by atoms with van der Waals surface area (Å²) in [6.45, 7) is 12.7. The molecule has 5 heterocycles. The van der Waals surface area contributed by atoms with Crippen LogP contribution in [0.2, 0.25) is 0 Å². The third-order valence-electron chi connectivity index (χ3n) is 13.8. The zero-order valence-corrected chi connectivity index (χ0v) is 39.3. The number of aromatic hydroxyl groups is 1. The predicted molar refractivity (Wildman–Crippen MR) is 253 cm³/mol. The maximum atomic E-state index is 14.3. The lowest BCUT2D eigenvalue weighted by atomic mass is 9.79. The summed E-state index contributed by atoms with van der Waals surface area (Å²) in [5.74, 6) is 0.833. The van der Waals surface area contributed by atoms with Gasteiger partial charge in [0, 0.05) is 51.6 Å². The Kier molecular flexibility index (Phi) is 13.9. The van der Waals surface area contributed by atoms with E-state index in [1.165, 1.54) is 4.90 Å². The van der Waals surface area contributed by atoms with E-state index >= 15 is 0 Å². The summed E-state index contributed by atoms with van der Waals surface area (Å²) in [5.41, 5.74) is 7.04. The highest BCUT2D eigenvalue weighted by Gasteiger charge is 2.45. The quantitative estimate of drug-likeness (QED) is 0.0829. The fourth-order valence-corrected chi connectivity index (χ4v) is 10.8. The van der Waals surface area contributed by atoms with Gasteiger partial charge in [0.1, 0.15) is 17.8 Å². The summed E-state index contributed by atoms with van der Waals surface area (Å²) in [4.78, 5) is 51.2. The maximum Gasteiger partial charge on any atom is 0.246 e. The van der Waals surface area contributed by atoms with Gasteiger partial charge in [-0.3, -0.25) is 19.1 Å². The van der Waals surface area contributed by atoms with Gasteiger partial charge in [0.05, 0.1) is 45.5 Å². The molecule has 5 aromatic rings. The Morgan fingerprint density at radius 3 is 2.31 bits per heavy atom. The monoisotopic (exact) mass is 904 g/mol. The Labute approximate surface area is 385 Å². The lowest BCUT2D eigenvalue weighted by Crippen LogP contribution is -2.58. The molecule has 2 aromatic carbocycles. The van der Waals surface area contributed by atoms with Gasteiger partial charge >= 0.3 is 0 Å². The first kappa shape index (κ1) is 46.1. The van der Waals surface area contributed by atoms with Gasteiger partial charge < -0.3 is 36.0 Å². The summed E-state index contributed by atoms with van der Waals surface area (Å²) < 4.78 is 2.09. The molecule has 3 amide bonds. The number of aliphatic hydroxyl groups excluding tert-OH is 1. The minimum Gasteiger partial charge on any atom is -0.507 e. The van der Waals surface area contributed by atoms with E-state index in [-0.39, 0.29) is 54.4 Å². The Balaban J connectivity index is 0.812. The molecule has 3 aromatic heterocycles. The highest BCUT2D eigenvalue weighted by atomic mass is 32.1. The number of aromatic nitrogens is 5. The molecule has 0 bridgehead atoms. The van der Waals surface area contributed by atoms with E-state index in [0.29, 0.717) is 34.9 Å². The Morgan fingerprint density at radius 1 is 0.938 bits per heavy atom. The van der Waals surface area contributed by atoms with Crippen LogP contribution < -0.4 is 16.0 Å². The number of piperidine rings is 1. The zero-order valence-electron chi connectivity index (χ0n) is 38.5. The molecule has 2 aliphatic heterocycles. The number of thiazole rings is 1. The van der Waals surface area contributed by atoms with Crippen LogP contribution in [0, 0.1) is 24.2 Å². The van der Waals surface area contributed by atoms with Crippen molar-refractivity contribution in [3.63, 3.8) is 0 Å². The van der Waals surface area contributed by atoms with Gasteiger partial charge in [-0.2, -0.15) is 5.10 Å². The van der Waals surface area contributed by atoms with Gasteiger partial charge in [0.2, 0.25) is 17.7 Å². The molecule has 1 saturated carbocycles. The average molecular weight is 905 g/mol. The van der Waals surface area contributed by atoms with Crippen LogP contribution in [0.1, 0.15) is 102 Å². The van der Waals surface area contributed by atoms with E-state index in [9.17, 15) is 24.6 Å². The van der Waals surface area contributed by atoms with Gasteiger partial charge in [0.15, 0.2) is 11.3 Å². The highest BCUT2D eigenvalue weighted by molar-refractivity contribution is 7.13. The summed E-state index contributed by atoms with van der Waals surface area (Å²) in [6, 6.07) is 15.4. The predicted octanol–water partition coefficient (Wildman–Crippen LogP) is 6.88. The molecule has 2 saturated heterocycles. The number of phenolic OH excluding ortho intramolecular Hbond substituents is 1. The summed E-state index contributed by atoms with van der Waals surface area (Å²) in [7, 11) is 1.84. The molecule has 4 atom stereocenters. The first-order chi connectivity index (χ1) is 31.2. The number of aryl methyl sites for hydroxylation is 1. The topological polar surface area (TPSA) is 191 Å². The number of likely N-dealkylation sites (tertiary alicyclic amines) is 2. The van der Waals surface area contributed by atoms with Crippen LogP contribution in [-0.4, -0.2) is 114 Å². The number of hydrogen-bond donors (Lipinski definition) is 5. The number of amides is 3. The second kappa shape index (κ2) is 19.6. The molecular weight excluding hydrogens is 841 g/mol. The highest BCUT2D eigenvalue weighted by Crippen LogP contribution is 2.36. The second-order valence-electron chi connectivity index (χ2n) is 19.5. The number of benzene rings is 2. The Hall–Kier alpha value is -5.45. The van der Waals surface area contributed by atoms with Crippen molar-refractivity contribution in [3.05, 3.63) is 71.4 Å². The molecule has 0 unspecified atom stereocenters. The number of fused-ring (bicyclic) bond motifs is 1. The lowest BCUT2D eigenvalue weighted by molar-refractivity contribution is -0.144. The van der Waals surface area contributed by atoms with Crippen molar-refractivity contribution in [3.8, 4) is 27.4 Å². The third-order valence-corrected chi connectivity index (χ3v) is 14.8. The molecule has 0 radical (unpaired) electrons. The number of para-hydroxylation sites is 1. The van der Waals surface area contributed by atoms with E-state index in [0.717, 1.165) is 85.4 Å². The molecule has 8 rings (SSSR count). The Bertz CT molecular complexity index is 2470. The van der Waals surface area contributed by atoms with Crippen molar-refractivity contribution in [1.29, 1.82) is 0 Å². The molecule has 15 nitrogen and oxygen atoms in total. The number of carbonyl (C=O) groups is 3.